The first-order chi connectivity index (χ1) is 17.6. The minimum atomic E-state index is -0.705. The van der Waals surface area contributed by atoms with E-state index in [2.05, 4.69) is 20.9 Å². The largest absolute Gasteiger partial charge is 0.492 e. The van der Waals surface area contributed by atoms with Gasteiger partial charge in [-0.05, 0) is 85.1 Å². The lowest BCUT2D eigenvalue weighted by molar-refractivity contribution is -0.143. The standard InChI is InChI=1S/C27H26BrClN2O5S/c1-6-35-20-12-16(11-19(28)24(20)34-5)13-21-25(32)31-23(17-7-9-18(29)10-8-17)22(26(33)36-14(2)3)15(4)30-27(31)37-21/h7-14,23H,6H2,1-5H3. The molecule has 3 aromatic rings. The third kappa shape index (κ3) is 5.54. The molecule has 2 heterocycles. The summed E-state index contributed by atoms with van der Waals surface area (Å²) in [5.74, 6) is 0.630. The Labute approximate surface area is 231 Å². The van der Waals surface area contributed by atoms with E-state index in [1.54, 1.807) is 62.8 Å². The molecule has 1 aromatic heterocycles. The fourth-order valence-corrected chi connectivity index (χ4v) is 5.90. The number of halogens is 2. The van der Waals surface area contributed by atoms with Gasteiger partial charge in [-0.25, -0.2) is 9.79 Å². The van der Waals surface area contributed by atoms with Crippen LogP contribution in [-0.2, 0) is 9.53 Å². The van der Waals surface area contributed by atoms with Crippen molar-refractivity contribution in [3.8, 4) is 11.5 Å². The van der Waals surface area contributed by atoms with E-state index in [0.29, 0.717) is 48.2 Å². The molecule has 0 radical (unpaired) electrons. The number of allylic oxidation sites excluding steroid dienone is 1. The lowest BCUT2D eigenvalue weighted by Crippen LogP contribution is -2.40. The first-order valence-electron chi connectivity index (χ1n) is 11.6. The molecule has 7 nitrogen and oxygen atoms in total. The third-order valence-corrected chi connectivity index (χ3v) is 7.43. The topological polar surface area (TPSA) is 79.1 Å². The number of esters is 1. The van der Waals surface area contributed by atoms with Crippen LogP contribution in [0.2, 0.25) is 5.02 Å². The van der Waals surface area contributed by atoms with Gasteiger partial charge in [0.05, 0.1) is 46.1 Å². The van der Waals surface area contributed by atoms with Crippen molar-refractivity contribution < 1.29 is 19.0 Å². The Balaban J connectivity index is 1.92. The molecule has 0 aliphatic carbocycles. The highest BCUT2D eigenvalue weighted by Crippen LogP contribution is 2.37. The van der Waals surface area contributed by atoms with Gasteiger partial charge in [0.2, 0.25) is 0 Å². The molecule has 1 unspecified atom stereocenters. The number of methoxy groups -OCH3 is 1. The van der Waals surface area contributed by atoms with Crippen LogP contribution in [0.25, 0.3) is 6.08 Å². The summed E-state index contributed by atoms with van der Waals surface area (Å²) in [6.45, 7) is 7.67. The van der Waals surface area contributed by atoms with Crippen molar-refractivity contribution in [3.05, 3.63) is 88.0 Å². The summed E-state index contributed by atoms with van der Waals surface area (Å²) >= 11 is 10.9. The Morgan fingerprint density at radius 3 is 2.59 bits per heavy atom. The zero-order chi connectivity index (χ0) is 26.9. The fraction of sp³-hybridized carbons (Fsp3) is 0.296. The summed E-state index contributed by atoms with van der Waals surface area (Å²) in [7, 11) is 1.57. The minimum absolute atomic E-state index is 0.268. The summed E-state index contributed by atoms with van der Waals surface area (Å²) in [5.41, 5.74) is 2.04. The number of nitrogens with zero attached hydrogens (tertiary/aromatic N) is 2. The van der Waals surface area contributed by atoms with Crippen LogP contribution in [0.4, 0.5) is 0 Å². The number of carbonyl (C=O) groups is 1. The van der Waals surface area contributed by atoms with Gasteiger partial charge >= 0.3 is 5.97 Å². The molecule has 0 spiro atoms. The number of benzene rings is 2. The molecular weight excluding hydrogens is 580 g/mol. The molecule has 2 aromatic carbocycles. The second-order valence-corrected chi connectivity index (χ2v) is 10.9. The van der Waals surface area contributed by atoms with Crippen LogP contribution in [0, 0.1) is 0 Å². The highest BCUT2D eigenvalue weighted by molar-refractivity contribution is 9.10. The number of thiazole rings is 1. The predicted octanol–water partition coefficient (Wildman–Crippen LogP) is 5.01. The molecule has 0 amide bonds. The van der Waals surface area contributed by atoms with E-state index < -0.39 is 12.0 Å². The first-order valence-corrected chi connectivity index (χ1v) is 13.6. The molecule has 0 saturated carbocycles. The maximum absolute atomic E-state index is 13.8. The lowest BCUT2D eigenvalue weighted by atomic mass is 9.96. The van der Waals surface area contributed by atoms with Crippen molar-refractivity contribution >= 4 is 50.9 Å². The number of rotatable bonds is 7. The average molecular weight is 606 g/mol. The second kappa shape index (κ2) is 11.2. The number of hydrogen-bond acceptors (Lipinski definition) is 7. The third-order valence-electron chi connectivity index (χ3n) is 5.60. The molecule has 0 bridgehead atoms. The van der Waals surface area contributed by atoms with E-state index in [4.69, 9.17) is 25.8 Å². The minimum Gasteiger partial charge on any atom is -0.492 e. The van der Waals surface area contributed by atoms with Gasteiger partial charge in [-0.2, -0.15) is 0 Å². The molecule has 10 heteroatoms. The lowest BCUT2D eigenvalue weighted by Gasteiger charge is -2.25. The smallest absolute Gasteiger partial charge is 0.338 e. The molecule has 1 aliphatic heterocycles. The van der Waals surface area contributed by atoms with Crippen molar-refractivity contribution in [1.82, 2.24) is 4.57 Å². The molecule has 0 N–H and O–H groups in total. The van der Waals surface area contributed by atoms with E-state index in [9.17, 15) is 9.59 Å². The molecule has 4 rings (SSSR count). The number of aromatic nitrogens is 1. The highest BCUT2D eigenvalue weighted by atomic mass is 79.9. The van der Waals surface area contributed by atoms with Gasteiger partial charge in [-0.1, -0.05) is 35.1 Å². The summed E-state index contributed by atoms with van der Waals surface area (Å²) in [6, 6.07) is 10.0. The van der Waals surface area contributed by atoms with Crippen LogP contribution < -0.4 is 24.4 Å². The van der Waals surface area contributed by atoms with Crippen molar-refractivity contribution in [3.63, 3.8) is 0 Å². The number of hydrogen-bond donors (Lipinski definition) is 0. The fourth-order valence-electron chi connectivity index (χ4n) is 4.10. The summed E-state index contributed by atoms with van der Waals surface area (Å²) < 4.78 is 19.4. The van der Waals surface area contributed by atoms with E-state index in [1.165, 1.54) is 11.3 Å². The van der Waals surface area contributed by atoms with Crippen LogP contribution in [0.1, 0.15) is 44.9 Å². The Bertz CT molecular complexity index is 1560. The average Bonchev–Trinajstić information content (AvgIpc) is 3.12. The monoisotopic (exact) mass is 604 g/mol. The first kappa shape index (κ1) is 27.2. The summed E-state index contributed by atoms with van der Waals surface area (Å²) in [4.78, 5) is 32.1. The second-order valence-electron chi connectivity index (χ2n) is 8.55. The zero-order valence-corrected chi connectivity index (χ0v) is 24.2. The van der Waals surface area contributed by atoms with Gasteiger partial charge in [0.1, 0.15) is 0 Å². The Morgan fingerprint density at radius 1 is 1.27 bits per heavy atom. The van der Waals surface area contributed by atoms with E-state index in [0.717, 1.165) is 11.1 Å². The van der Waals surface area contributed by atoms with Crippen molar-refractivity contribution in [2.45, 2.75) is 39.8 Å². The van der Waals surface area contributed by atoms with Crippen molar-refractivity contribution in [2.75, 3.05) is 13.7 Å². The zero-order valence-electron chi connectivity index (χ0n) is 21.0. The van der Waals surface area contributed by atoms with Crippen molar-refractivity contribution in [2.24, 2.45) is 4.99 Å². The number of fused-ring (bicyclic) bond motifs is 1. The van der Waals surface area contributed by atoms with Crippen LogP contribution >= 0.6 is 38.9 Å². The highest BCUT2D eigenvalue weighted by Gasteiger charge is 2.33. The number of ether oxygens (including phenoxy) is 3. The van der Waals surface area contributed by atoms with Crippen LogP contribution in [-0.4, -0.2) is 30.4 Å². The van der Waals surface area contributed by atoms with Gasteiger partial charge in [0, 0.05) is 5.02 Å². The van der Waals surface area contributed by atoms with E-state index in [-0.39, 0.29) is 11.7 Å². The van der Waals surface area contributed by atoms with Crippen LogP contribution in [0.3, 0.4) is 0 Å². The van der Waals surface area contributed by atoms with Crippen molar-refractivity contribution in [1.29, 1.82) is 0 Å². The normalized spacial score (nSPS) is 15.5. The Morgan fingerprint density at radius 2 is 1.97 bits per heavy atom. The number of carbonyl (C=O) groups excluding carboxylic acids is 1. The van der Waals surface area contributed by atoms with Gasteiger partial charge in [-0.15, -0.1) is 0 Å². The molecule has 194 valence electrons. The molecule has 0 saturated heterocycles. The SMILES string of the molecule is CCOc1cc(C=c2sc3n(c2=O)C(c2ccc(Cl)cc2)C(C(=O)OC(C)C)=C(C)N=3)cc(Br)c1OC. The molecule has 1 atom stereocenters. The van der Waals surface area contributed by atoms with Crippen LogP contribution in [0.15, 0.2) is 61.9 Å². The molecule has 37 heavy (non-hydrogen) atoms. The van der Waals surface area contributed by atoms with Gasteiger partial charge in [0.15, 0.2) is 16.3 Å². The van der Waals surface area contributed by atoms with E-state index in [1.807, 2.05) is 19.1 Å². The van der Waals surface area contributed by atoms with Gasteiger partial charge < -0.3 is 14.2 Å². The molecular formula is C27H26BrClN2O5S. The molecule has 0 fully saturated rings. The quantitative estimate of drug-likeness (QED) is 0.354. The Kier molecular flexibility index (Phi) is 8.26. The maximum atomic E-state index is 13.8. The Hall–Kier alpha value is -2.88. The molecule has 1 aliphatic rings. The van der Waals surface area contributed by atoms with Gasteiger partial charge in [0.25, 0.3) is 5.56 Å². The van der Waals surface area contributed by atoms with E-state index >= 15 is 0 Å². The summed E-state index contributed by atoms with van der Waals surface area (Å²) in [5, 5.41) is 0.554. The summed E-state index contributed by atoms with van der Waals surface area (Å²) in [6.07, 6.45) is 1.46. The predicted molar refractivity (Wildman–Crippen MR) is 148 cm³/mol. The van der Waals surface area contributed by atoms with Crippen LogP contribution in [0.5, 0.6) is 11.5 Å². The van der Waals surface area contributed by atoms with Gasteiger partial charge in [-0.3, -0.25) is 9.36 Å². The maximum Gasteiger partial charge on any atom is 0.338 e.